The van der Waals surface area contributed by atoms with Gasteiger partial charge in [0.25, 0.3) is 5.69 Å². The maximum atomic E-state index is 13.3. The van der Waals surface area contributed by atoms with E-state index in [1.165, 1.54) is 30.0 Å². The van der Waals surface area contributed by atoms with Crippen LogP contribution in [0.1, 0.15) is 0 Å². The molecule has 0 aliphatic heterocycles. The van der Waals surface area contributed by atoms with Crippen LogP contribution in [0.25, 0.3) is 0 Å². The van der Waals surface area contributed by atoms with Crippen molar-refractivity contribution in [1.82, 2.24) is 0 Å². The molecule has 0 spiro atoms. The average Bonchev–Trinajstić information content (AvgIpc) is 2.34. The number of hydrogen-bond donors (Lipinski definition) is 0. The van der Waals surface area contributed by atoms with Crippen molar-refractivity contribution in [1.29, 1.82) is 0 Å². The number of nitrogens with zero attached hydrogens (tertiary/aromatic N) is 1. The largest absolute Gasteiger partial charge is 0.269 e. The van der Waals surface area contributed by atoms with Gasteiger partial charge in [0.1, 0.15) is 5.82 Å². The lowest BCUT2D eigenvalue weighted by atomic mass is 10.3. The second-order valence-corrected chi connectivity index (χ2v) is 5.74. The summed E-state index contributed by atoms with van der Waals surface area (Å²) in [5.41, 5.74) is 0.0492. The molecule has 92 valence electrons. The molecule has 18 heavy (non-hydrogen) atoms. The molecule has 0 saturated carbocycles. The second kappa shape index (κ2) is 5.66. The summed E-state index contributed by atoms with van der Waals surface area (Å²) in [5, 5.41) is 10.5. The third kappa shape index (κ3) is 3.20. The molecular formula is C12H7FINO2S. The number of rotatable bonds is 3. The summed E-state index contributed by atoms with van der Waals surface area (Å²) in [6, 6.07) is 11.1. The summed E-state index contributed by atoms with van der Waals surface area (Å²) in [6.45, 7) is 0. The maximum Gasteiger partial charge on any atom is 0.269 e. The summed E-state index contributed by atoms with van der Waals surface area (Å²) in [6.07, 6.45) is 0. The lowest BCUT2D eigenvalue weighted by Gasteiger charge is -2.02. The van der Waals surface area contributed by atoms with Gasteiger partial charge < -0.3 is 0 Å². The molecule has 2 rings (SSSR count). The van der Waals surface area contributed by atoms with Crippen LogP contribution in [0, 0.1) is 19.5 Å². The van der Waals surface area contributed by atoms with E-state index in [0.29, 0.717) is 3.57 Å². The fraction of sp³-hybridized carbons (Fsp3) is 0. The normalized spacial score (nSPS) is 10.3. The number of nitro groups is 1. The smallest absolute Gasteiger partial charge is 0.258 e. The molecule has 0 aromatic heterocycles. The molecule has 0 fully saturated rings. The van der Waals surface area contributed by atoms with Gasteiger partial charge in [-0.1, -0.05) is 11.8 Å². The highest BCUT2D eigenvalue weighted by Crippen LogP contribution is 2.30. The molecule has 0 heterocycles. The highest BCUT2D eigenvalue weighted by Gasteiger charge is 2.06. The molecular weight excluding hydrogens is 368 g/mol. The Kier molecular flexibility index (Phi) is 4.18. The molecule has 3 nitrogen and oxygen atoms in total. The Balaban J connectivity index is 2.18. The first-order valence-corrected chi connectivity index (χ1v) is 6.83. The molecule has 2 aromatic carbocycles. The van der Waals surface area contributed by atoms with Crippen molar-refractivity contribution in [2.75, 3.05) is 0 Å². The molecule has 2 aromatic rings. The molecule has 0 saturated heterocycles. The van der Waals surface area contributed by atoms with Crippen molar-refractivity contribution in [2.24, 2.45) is 0 Å². The van der Waals surface area contributed by atoms with E-state index in [2.05, 4.69) is 0 Å². The van der Waals surface area contributed by atoms with Gasteiger partial charge in [-0.2, -0.15) is 0 Å². The second-order valence-electron chi connectivity index (χ2n) is 3.43. The maximum absolute atomic E-state index is 13.3. The summed E-state index contributed by atoms with van der Waals surface area (Å²) in [4.78, 5) is 11.7. The van der Waals surface area contributed by atoms with Crippen LogP contribution in [0.2, 0.25) is 0 Å². The van der Waals surface area contributed by atoms with Gasteiger partial charge in [0.05, 0.1) is 4.92 Å². The fourth-order valence-corrected chi connectivity index (χ4v) is 2.49. The number of hydrogen-bond acceptors (Lipinski definition) is 3. The standard InChI is InChI=1S/C12H7FINO2S/c13-11-7-10(5-6-12(11)14)18-9-3-1-8(2-4-9)15(16)17/h1-7H. The fourth-order valence-electron chi connectivity index (χ4n) is 1.31. The zero-order chi connectivity index (χ0) is 13.1. The predicted octanol–water partition coefficient (Wildman–Crippen LogP) is 4.49. The Bertz CT molecular complexity index is 589. The first kappa shape index (κ1) is 13.3. The van der Waals surface area contributed by atoms with Gasteiger partial charge in [-0.15, -0.1) is 0 Å². The Morgan fingerprint density at radius 1 is 1.11 bits per heavy atom. The number of halogens is 2. The molecule has 0 aliphatic rings. The van der Waals surface area contributed by atoms with E-state index < -0.39 is 4.92 Å². The lowest BCUT2D eigenvalue weighted by Crippen LogP contribution is -1.86. The van der Waals surface area contributed by atoms with Crippen LogP contribution in [0.3, 0.4) is 0 Å². The molecule has 0 bridgehead atoms. The summed E-state index contributed by atoms with van der Waals surface area (Å²) < 4.78 is 13.9. The molecule has 0 radical (unpaired) electrons. The van der Waals surface area contributed by atoms with E-state index in [1.807, 2.05) is 28.7 Å². The van der Waals surface area contributed by atoms with Gasteiger partial charge in [-0.25, -0.2) is 4.39 Å². The highest BCUT2D eigenvalue weighted by atomic mass is 127. The summed E-state index contributed by atoms with van der Waals surface area (Å²) >= 11 is 3.29. The number of benzene rings is 2. The zero-order valence-corrected chi connectivity index (χ0v) is 11.9. The highest BCUT2D eigenvalue weighted by molar-refractivity contribution is 14.1. The van der Waals surface area contributed by atoms with Crippen molar-refractivity contribution < 1.29 is 9.31 Å². The number of nitro benzene ring substituents is 1. The van der Waals surface area contributed by atoms with E-state index in [-0.39, 0.29) is 11.5 Å². The quantitative estimate of drug-likeness (QED) is 0.451. The first-order chi connectivity index (χ1) is 8.56. The van der Waals surface area contributed by atoms with Crippen LogP contribution >= 0.6 is 34.4 Å². The molecule has 0 atom stereocenters. The van der Waals surface area contributed by atoms with Crippen molar-refractivity contribution in [3.8, 4) is 0 Å². The molecule has 0 amide bonds. The van der Waals surface area contributed by atoms with Gasteiger partial charge in [0, 0.05) is 25.5 Å². The van der Waals surface area contributed by atoms with Gasteiger partial charge in [-0.3, -0.25) is 10.1 Å². The summed E-state index contributed by atoms with van der Waals surface area (Å²) in [7, 11) is 0. The van der Waals surface area contributed by atoms with Gasteiger partial charge >= 0.3 is 0 Å². The van der Waals surface area contributed by atoms with Gasteiger partial charge in [0.15, 0.2) is 0 Å². The molecule has 0 N–H and O–H groups in total. The topological polar surface area (TPSA) is 43.1 Å². The predicted molar refractivity (Wildman–Crippen MR) is 76.3 cm³/mol. The number of non-ortho nitro benzene ring substituents is 1. The van der Waals surface area contributed by atoms with Gasteiger partial charge in [-0.05, 0) is 52.9 Å². The van der Waals surface area contributed by atoms with Gasteiger partial charge in [0.2, 0.25) is 0 Å². The van der Waals surface area contributed by atoms with E-state index in [1.54, 1.807) is 18.2 Å². The minimum Gasteiger partial charge on any atom is -0.258 e. The Morgan fingerprint density at radius 3 is 2.28 bits per heavy atom. The van der Waals surface area contributed by atoms with E-state index >= 15 is 0 Å². The SMILES string of the molecule is O=[N+]([O-])c1ccc(Sc2ccc(I)c(F)c2)cc1. The van der Waals surface area contributed by atoms with Crippen LogP contribution in [0.4, 0.5) is 10.1 Å². The Morgan fingerprint density at radius 2 is 1.72 bits per heavy atom. The zero-order valence-electron chi connectivity index (χ0n) is 8.97. The Labute approximate surface area is 121 Å². The molecule has 0 unspecified atom stereocenters. The van der Waals surface area contributed by atoms with Crippen molar-refractivity contribution in [2.45, 2.75) is 9.79 Å². The average molecular weight is 375 g/mol. The van der Waals surface area contributed by atoms with E-state index in [0.717, 1.165) is 9.79 Å². The third-order valence-electron chi connectivity index (χ3n) is 2.17. The van der Waals surface area contributed by atoms with Crippen LogP contribution in [0.15, 0.2) is 52.3 Å². The third-order valence-corrected chi connectivity index (χ3v) is 4.05. The van der Waals surface area contributed by atoms with Crippen molar-refractivity contribution in [3.63, 3.8) is 0 Å². The molecule has 6 heteroatoms. The summed E-state index contributed by atoms with van der Waals surface area (Å²) in [5.74, 6) is -0.262. The molecule has 0 aliphatic carbocycles. The van der Waals surface area contributed by atoms with Crippen molar-refractivity contribution in [3.05, 3.63) is 62.0 Å². The van der Waals surface area contributed by atoms with E-state index in [4.69, 9.17) is 0 Å². The minimum absolute atomic E-state index is 0.0492. The first-order valence-electron chi connectivity index (χ1n) is 4.93. The lowest BCUT2D eigenvalue weighted by molar-refractivity contribution is -0.384. The Hall–Kier alpha value is -1.15. The van der Waals surface area contributed by atoms with Crippen LogP contribution in [-0.2, 0) is 0 Å². The van der Waals surface area contributed by atoms with Crippen LogP contribution in [0.5, 0.6) is 0 Å². The van der Waals surface area contributed by atoms with E-state index in [9.17, 15) is 14.5 Å². The van der Waals surface area contributed by atoms with Crippen molar-refractivity contribution >= 4 is 40.0 Å². The van der Waals surface area contributed by atoms with Crippen LogP contribution < -0.4 is 0 Å². The monoisotopic (exact) mass is 375 g/mol. The minimum atomic E-state index is -0.445. The van der Waals surface area contributed by atoms with Crippen LogP contribution in [-0.4, -0.2) is 4.92 Å².